The molecule has 0 aliphatic carbocycles. The third kappa shape index (κ3) is 4.04. The molecule has 0 bridgehead atoms. The first-order valence-corrected chi connectivity index (χ1v) is 9.29. The molecule has 0 radical (unpaired) electrons. The Bertz CT molecular complexity index is 860. The van der Waals surface area contributed by atoms with Gasteiger partial charge in [-0.2, -0.15) is 0 Å². The fourth-order valence-corrected chi connectivity index (χ4v) is 3.59. The van der Waals surface area contributed by atoms with Gasteiger partial charge in [-0.05, 0) is 25.8 Å². The molecule has 0 unspecified atom stereocenters. The van der Waals surface area contributed by atoms with Gasteiger partial charge < -0.3 is 19.9 Å². The van der Waals surface area contributed by atoms with Gasteiger partial charge in [0.25, 0.3) is 5.91 Å². The monoisotopic (exact) mass is 410 g/mol. The average Bonchev–Trinajstić information content (AvgIpc) is 2.95. The Hall–Kier alpha value is -2.25. The number of hydrogen-bond donors (Lipinski definition) is 2. The molecule has 1 saturated heterocycles. The van der Waals surface area contributed by atoms with Gasteiger partial charge >= 0.3 is 5.97 Å². The summed E-state index contributed by atoms with van der Waals surface area (Å²) in [6.07, 6.45) is 4.68. The average molecular weight is 411 g/mol. The smallest absolute Gasteiger partial charge is 0.340 e. The van der Waals surface area contributed by atoms with E-state index in [1.54, 1.807) is 25.4 Å². The second-order valence-corrected chi connectivity index (χ2v) is 7.13. The number of rotatable bonds is 4. The molecule has 1 aliphatic rings. The molecule has 144 valence electrons. The van der Waals surface area contributed by atoms with Crippen LogP contribution in [0, 0.1) is 6.92 Å². The van der Waals surface area contributed by atoms with Crippen LogP contribution in [0.25, 0.3) is 0 Å². The van der Waals surface area contributed by atoms with Gasteiger partial charge in [-0.15, -0.1) is 0 Å². The van der Waals surface area contributed by atoms with Crippen LogP contribution in [0.1, 0.15) is 39.4 Å². The molecule has 1 amide bonds. The molecule has 2 N–H and O–H groups in total. The largest absolute Gasteiger partial charge is 0.465 e. The van der Waals surface area contributed by atoms with Crippen LogP contribution >= 0.6 is 23.2 Å². The van der Waals surface area contributed by atoms with Crippen molar-refractivity contribution in [3.8, 4) is 0 Å². The molecule has 9 heteroatoms. The minimum atomic E-state index is -0.392. The van der Waals surface area contributed by atoms with Gasteiger partial charge in [0, 0.05) is 31.0 Å². The second-order valence-electron chi connectivity index (χ2n) is 6.37. The Kier molecular flexibility index (Phi) is 5.92. The number of H-pyrrole nitrogens is 1. The first-order valence-electron chi connectivity index (χ1n) is 8.54. The molecule has 0 atom stereocenters. The zero-order valence-electron chi connectivity index (χ0n) is 15.0. The Morgan fingerprint density at radius 3 is 2.59 bits per heavy atom. The van der Waals surface area contributed by atoms with E-state index in [0.717, 1.165) is 18.5 Å². The van der Waals surface area contributed by atoms with E-state index >= 15 is 0 Å². The highest BCUT2D eigenvalue weighted by molar-refractivity contribution is 6.44. The van der Waals surface area contributed by atoms with E-state index in [0.29, 0.717) is 29.4 Å². The standard InChI is InChI=1S/C18H20Cl2N4O3/c1-10-14(19)15(20)16(22-10)17(25)23-11-4-7-24(8-5-11)13-9-21-6-3-12(13)18(26)27-2/h3,6,9,11,22H,4-5,7-8H2,1-2H3,(H,23,25). The van der Waals surface area contributed by atoms with Gasteiger partial charge in [-0.1, -0.05) is 23.2 Å². The summed E-state index contributed by atoms with van der Waals surface area (Å²) in [7, 11) is 1.36. The number of esters is 1. The van der Waals surface area contributed by atoms with Crippen molar-refractivity contribution in [1.29, 1.82) is 0 Å². The maximum Gasteiger partial charge on any atom is 0.340 e. The number of amides is 1. The van der Waals surface area contributed by atoms with Crippen molar-refractivity contribution in [2.75, 3.05) is 25.1 Å². The highest BCUT2D eigenvalue weighted by atomic mass is 35.5. The first-order chi connectivity index (χ1) is 12.9. The number of anilines is 1. The van der Waals surface area contributed by atoms with Gasteiger partial charge in [0.1, 0.15) is 5.69 Å². The van der Waals surface area contributed by atoms with Gasteiger partial charge in [0.2, 0.25) is 0 Å². The van der Waals surface area contributed by atoms with Crippen LogP contribution in [0.5, 0.6) is 0 Å². The van der Waals surface area contributed by atoms with E-state index in [9.17, 15) is 9.59 Å². The topological polar surface area (TPSA) is 87.3 Å². The Balaban J connectivity index is 1.64. The number of aromatic nitrogens is 2. The molecule has 1 fully saturated rings. The number of ether oxygens (including phenoxy) is 1. The summed E-state index contributed by atoms with van der Waals surface area (Å²) >= 11 is 12.1. The van der Waals surface area contributed by atoms with Crippen molar-refractivity contribution < 1.29 is 14.3 Å². The fourth-order valence-electron chi connectivity index (χ4n) is 3.17. The van der Waals surface area contributed by atoms with E-state index < -0.39 is 5.97 Å². The van der Waals surface area contributed by atoms with Crippen molar-refractivity contribution in [3.05, 3.63) is 45.5 Å². The molecule has 3 heterocycles. The van der Waals surface area contributed by atoms with Crippen LogP contribution in [0.3, 0.4) is 0 Å². The molecule has 2 aromatic heterocycles. The maximum atomic E-state index is 12.5. The normalized spacial score (nSPS) is 14.9. The molecule has 1 aliphatic heterocycles. The highest BCUT2D eigenvalue weighted by Crippen LogP contribution is 2.29. The number of aryl methyl sites for hydroxylation is 1. The SMILES string of the molecule is COC(=O)c1ccncc1N1CCC(NC(=O)c2[nH]c(C)c(Cl)c2Cl)CC1. The van der Waals surface area contributed by atoms with Crippen LogP contribution in [0.15, 0.2) is 18.5 Å². The maximum absolute atomic E-state index is 12.5. The van der Waals surface area contributed by atoms with Crippen molar-refractivity contribution in [2.24, 2.45) is 0 Å². The number of hydrogen-bond acceptors (Lipinski definition) is 5. The zero-order chi connectivity index (χ0) is 19.6. The number of carbonyl (C=O) groups excluding carboxylic acids is 2. The lowest BCUT2D eigenvalue weighted by atomic mass is 10.0. The summed E-state index contributed by atoms with van der Waals surface area (Å²) in [5.41, 5.74) is 2.16. The van der Waals surface area contributed by atoms with Gasteiger partial charge in [-0.25, -0.2) is 4.79 Å². The number of methoxy groups -OCH3 is 1. The molecule has 0 aromatic carbocycles. The molecule has 7 nitrogen and oxygen atoms in total. The van der Waals surface area contributed by atoms with E-state index in [-0.39, 0.29) is 22.7 Å². The number of aromatic amines is 1. The first kappa shape index (κ1) is 19.5. The van der Waals surface area contributed by atoms with Crippen molar-refractivity contribution in [3.63, 3.8) is 0 Å². The van der Waals surface area contributed by atoms with Crippen molar-refractivity contribution in [1.82, 2.24) is 15.3 Å². The number of halogens is 2. The predicted octanol–water partition coefficient (Wildman–Crippen LogP) is 3.21. The Morgan fingerprint density at radius 1 is 1.30 bits per heavy atom. The fraction of sp³-hybridized carbons (Fsp3) is 0.389. The summed E-state index contributed by atoms with van der Waals surface area (Å²) in [6, 6.07) is 1.65. The van der Waals surface area contributed by atoms with E-state index in [4.69, 9.17) is 27.9 Å². The Morgan fingerprint density at radius 2 is 2.00 bits per heavy atom. The summed E-state index contributed by atoms with van der Waals surface area (Å²) < 4.78 is 4.84. The van der Waals surface area contributed by atoms with Crippen LogP contribution < -0.4 is 10.2 Å². The summed E-state index contributed by atoms with van der Waals surface area (Å²) in [6.45, 7) is 3.12. The van der Waals surface area contributed by atoms with E-state index in [1.165, 1.54) is 7.11 Å². The van der Waals surface area contributed by atoms with Gasteiger partial charge in [-0.3, -0.25) is 9.78 Å². The third-order valence-electron chi connectivity index (χ3n) is 4.66. The number of carbonyl (C=O) groups is 2. The zero-order valence-corrected chi connectivity index (χ0v) is 16.5. The molecular weight excluding hydrogens is 391 g/mol. The molecular formula is C18H20Cl2N4O3. The number of piperidine rings is 1. The van der Waals surface area contributed by atoms with Gasteiger partial charge in [0.05, 0.1) is 34.6 Å². The number of nitrogens with one attached hydrogen (secondary N) is 2. The van der Waals surface area contributed by atoms with Crippen LogP contribution in [-0.2, 0) is 4.74 Å². The minimum Gasteiger partial charge on any atom is -0.465 e. The van der Waals surface area contributed by atoms with Crippen LogP contribution in [0.2, 0.25) is 10.0 Å². The third-order valence-corrected chi connectivity index (χ3v) is 5.60. The molecule has 3 rings (SSSR count). The Labute approximate surface area is 167 Å². The summed E-state index contributed by atoms with van der Waals surface area (Å²) in [4.78, 5) is 33.5. The quantitative estimate of drug-likeness (QED) is 0.755. The lowest BCUT2D eigenvalue weighted by molar-refractivity contribution is 0.0601. The summed E-state index contributed by atoms with van der Waals surface area (Å²) in [5.74, 6) is -0.665. The highest BCUT2D eigenvalue weighted by Gasteiger charge is 2.26. The number of pyridine rings is 1. The van der Waals surface area contributed by atoms with Crippen LogP contribution in [-0.4, -0.2) is 48.1 Å². The molecule has 2 aromatic rings. The lowest BCUT2D eigenvalue weighted by Crippen LogP contribution is -2.45. The summed E-state index contributed by atoms with van der Waals surface area (Å²) in [5, 5.41) is 3.59. The minimum absolute atomic E-state index is 0.00504. The van der Waals surface area contributed by atoms with Crippen molar-refractivity contribution in [2.45, 2.75) is 25.8 Å². The lowest BCUT2D eigenvalue weighted by Gasteiger charge is -2.34. The number of nitrogens with zero attached hydrogens (tertiary/aromatic N) is 2. The van der Waals surface area contributed by atoms with E-state index in [2.05, 4.69) is 20.2 Å². The predicted molar refractivity (Wildman–Crippen MR) is 104 cm³/mol. The van der Waals surface area contributed by atoms with Crippen molar-refractivity contribution >= 4 is 40.8 Å². The van der Waals surface area contributed by atoms with E-state index in [1.807, 2.05) is 0 Å². The van der Waals surface area contributed by atoms with Gasteiger partial charge in [0.15, 0.2) is 0 Å². The molecule has 0 spiro atoms. The molecule has 27 heavy (non-hydrogen) atoms. The molecule has 0 saturated carbocycles. The van der Waals surface area contributed by atoms with Crippen LogP contribution in [0.4, 0.5) is 5.69 Å². The second kappa shape index (κ2) is 8.19.